The number of azo groups is 1. The maximum Gasteiger partial charge on any atom is 0.296 e. The summed E-state index contributed by atoms with van der Waals surface area (Å²) in [4.78, 5) is -0.679. The lowest BCUT2D eigenvalue weighted by Crippen LogP contribution is -1.98. The Morgan fingerprint density at radius 2 is 1.43 bits per heavy atom. The molecule has 0 bridgehead atoms. The number of rotatable bonds is 4. The summed E-state index contributed by atoms with van der Waals surface area (Å²) in [7, 11) is -8.75. The SMILES string of the molecule is Cc1ccc(N=Nc2ccc(S(=O)(=O)O)cc2)c(S(=O)(=O)O)c1. The molecule has 0 radical (unpaired) electrons. The van der Waals surface area contributed by atoms with Crippen molar-refractivity contribution in [1.82, 2.24) is 0 Å². The van der Waals surface area contributed by atoms with Gasteiger partial charge in [0.05, 0.1) is 10.6 Å². The van der Waals surface area contributed by atoms with E-state index in [0.717, 1.165) is 12.1 Å². The summed E-state index contributed by atoms with van der Waals surface area (Å²) in [5, 5.41) is 7.53. The maximum absolute atomic E-state index is 11.3. The lowest BCUT2D eigenvalue weighted by atomic mass is 10.2. The van der Waals surface area contributed by atoms with Crippen molar-refractivity contribution in [1.29, 1.82) is 0 Å². The minimum Gasteiger partial charge on any atom is -0.282 e. The molecule has 2 aromatic carbocycles. The van der Waals surface area contributed by atoms with Crippen LogP contribution in [0.15, 0.2) is 62.5 Å². The van der Waals surface area contributed by atoms with Gasteiger partial charge in [0.1, 0.15) is 10.6 Å². The van der Waals surface area contributed by atoms with Gasteiger partial charge in [-0.05, 0) is 48.9 Å². The van der Waals surface area contributed by atoms with Gasteiger partial charge in [0.25, 0.3) is 20.2 Å². The van der Waals surface area contributed by atoms with Gasteiger partial charge in [0.2, 0.25) is 0 Å². The van der Waals surface area contributed by atoms with Crippen LogP contribution in [0.2, 0.25) is 0 Å². The first-order valence-electron chi connectivity index (χ1n) is 6.15. The zero-order valence-electron chi connectivity index (χ0n) is 11.8. The summed E-state index contributed by atoms with van der Waals surface area (Å²) in [6.07, 6.45) is 0. The van der Waals surface area contributed by atoms with Gasteiger partial charge in [-0.25, -0.2) is 0 Å². The van der Waals surface area contributed by atoms with E-state index in [1.807, 2.05) is 0 Å². The Kier molecular flexibility index (Phi) is 4.61. The zero-order chi connectivity index (χ0) is 17.3. The van der Waals surface area contributed by atoms with Crippen LogP contribution in [0.1, 0.15) is 5.56 Å². The van der Waals surface area contributed by atoms with E-state index in [4.69, 9.17) is 4.55 Å². The first-order chi connectivity index (χ1) is 10.6. The smallest absolute Gasteiger partial charge is 0.282 e. The summed E-state index contributed by atoms with van der Waals surface area (Å²) in [6, 6.07) is 9.07. The molecule has 0 amide bonds. The lowest BCUT2D eigenvalue weighted by Gasteiger charge is -2.03. The highest BCUT2D eigenvalue weighted by Gasteiger charge is 2.15. The Balaban J connectivity index is 2.38. The molecule has 0 aliphatic carbocycles. The number of hydrogen-bond acceptors (Lipinski definition) is 6. The Morgan fingerprint density at radius 1 is 0.826 bits per heavy atom. The Bertz CT molecular complexity index is 964. The van der Waals surface area contributed by atoms with Crippen LogP contribution in [0.3, 0.4) is 0 Å². The van der Waals surface area contributed by atoms with Gasteiger partial charge in [-0.3, -0.25) is 9.11 Å². The molecule has 0 saturated heterocycles. The van der Waals surface area contributed by atoms with Crippen molar-refractivity contribution in [3.63, 3.8) is 0 Å². The Hall–Kier alpha value is -2.14. The third kappa shape index (κ3) is 4.42. The minimum atomic E-state index is -4.45. The van der Waals surface area contributed by atoms with Crippen LogP contribution in [-0.4, -0.2) is 25.9 Å². The molecule has 0 saturated carbocycles. The molecule has 0 aliphatic rings. The summed E-state index contributed by atoms with van der Waals surface area (Å²) < 4.78 is 62.6. The molecule has 122 valence electrons. The van der Waals surface area contributed by atoms with Gasteiger partial charge >= 0.3 is 0 Å². The van der Waals surface area contributed by atoms with Crippen LogP contribution >= 0.6 is 0 Å². The number of nitrogens with zero attached hydrogens (tertiary/aromatic N) is 2. The van der Waals surface area contributed by atoms with E-state index < -0.39 is 20.2 Å². The first-order valence-corrected chi connectivity index (χ1v) is 9.03. The van der Waals surface area contributed by atoms with Crippen molar-refractivity contribution in [2.45, 2.75) is 16.7 Å². The Morgan fingerprint density at radius 3 is 1.96 bits per heavy atom. The van der Waals surface area contributed by atoms with Gasteiger partial charge in [-0.15, -0.1) is 5.11 Å². The molecule has 2 N–H and O–H groups in total. The van der Waals surface area contributed by atoms with Crippen molar-refractivity contribution in [2.24, 2.45) is 10.2 Å². The summed E-state index contributed by atoms with van der Waals surface area (Å²) in [5.74, 6) is 0. The highest BCUT2D eigenvalue weighted by Crippen LogP contribution is 2.27. The molecule has 0 unspecified atom stereocenters. The van der Waals surface area contributed by atoms with E-state index in [1.165, 1.54) is 24.3 Å². The standard InChI is InChI=1S/C13H12N2O6S2/c1-9-2-7-12(13(8-9)23(19,20)21)15-14-10-3-5-11(6-4-10)22(16,17)18/h2-8H,1H3,(H,16,17,18)(H,19,20,21). The highest BCUT2D eigenvalue weighted by molar-refractivity contribution is 7.86. The van der Waals surface area contributed by atoms with E-state index in [1.54, 1.807) is 13.0 Å². The molecule has 0 aromatic heterocycles. The third-order valence-electron chi connectivity index (χ3n) is 2.80. The monoisotopic (exact) mass is 356 g/mol. The van der Waals surface area contributed by atoms with Crippen LogP contribution < -0.4 is 0 Å². The first kappa shape index (κ1) is 17.2. The van der Waals surface area contributed by atoms with Gasteiger partial charge in [0.15, 0.2) is 0 Å². The average Bonchev–Trinajstić information content (AvgIpc) is 2.44. The normalized spacial score (nSPS) is 12.7. The van der Waals surface area contributed by atoms with Crippen LogP contribution in [-0.2, 0) is 20.2 Å². The molecule has 0 heterocycles. The second kappa shape index (κ2) is 6.16. The molecule has 0 aliphatic heterocycles. The largest absolute Gasteiger partial charge is 0.296 e. The summed E-state index contributed by atoms with van der Waals surface area (Å²) in [6.45, 7) is 1.66. The summed E-state index contributed by atoms with van der Waals surface area (Å²) in [5.41, 5.74) is 0.797. The fourth-order valence-corrected chi connectivity index (χ4v) is 2.89. The predicted molar refractivity (Wildman–Crippen MR) is 81.4 cm³/mol. The van der Waals surface area contributed by atoms with Crippen LogP contribution in [0.25, 0.3) is 0 Å². The molecule has 0 spiro atoms. The number of hydrogen-bond donors (Lipinski definition) is 2. The Labute approximate surface area is 133 Å². The van der Waals surface area contributed by atoms with E-state index in [0.29, 0.717) is 5.56 Å². The van der Waals surface area contributed by atoms with Crippen molar-refractivity contribution < 1.29 is 25.9 Å². The number of aryl methyl sites for hydroxylation is 1. The molecule has 10 heteroatoms. The van der Waals surface area contributed by atoms with E-state index >= 15 is 0 Å². The van der Waals surface area contributed by atoms with Crippen molar-refractivity contribution in [2.75, 3.05) is 0 Å². The average molecular weight is 356 g/mol. The van der Waals surface area contributed by atoms with E-state index in [-0.39, 0.29) is 21.2 Å². The van der Waals surface area contributed by atoms with Crippen LogP contribution in [0.5, 0.6) is 0 Å². The molecule has 8 nitrogen and oxygen atoms in total. The quantitative estimate of drug-likeness (QED) is 0.639. The van der Waals surface area contributed by atoms with Crippen LogP contribution in [0.4, 0.5) is 11.4 Å². The predicted octanol–water partition coefficient (Wildman–Crippen LogP) is 2.90. The zero-order valence-corrected chi connectivity index (χ0v) is 13.4. The van der Waals surface area contributed by atoms with E-state index in [2.05, 4.69) is 10.2 Å². The molecular formula is C13H12N2O6S2. The molecule has 23 heavy (non-hydrogen) atoms. The second-order valence-corrected chi connectivity index (χ2v) is 7.43. The lowest BCUT2D eigenvalue weighted by molar-refractivity contribution is 0.481. The number of benzene rings is 2. The molecule has 2 rings (SSSR count). The van der Waals surface area contributed by atoms with Crippen molar-refractivity contribution >= 4 is 31.6 Å². The summed E-state index contributed by atoms with van der Waals surface area (Å²) >= 11 is 0. The molecular weight excluding hydrogens is 344 g/mol. The van der Waals surface area contributed by atoms with Crippen molar-refractivity contribution in [3.05, 3.63) is 48.0 Å². The van der Waals surface area contributed by atoms with Gasteiger partial charge in [-0.2, -0.15) is 21.9 Å². The molecule has 2 aromatic rings. The fraction of sp³-hybridized carbons (Fsp3) is 0.0769. The van der Waals surface area contributed by atoms with Crippen LogP contribution in [0, 0.1) is 6.92 Å². The second-order valence-electron chi connectivity index (χ2n) is 4.62. The third-order valence-corrected chi connectivity index (χ3v) is 4.55. The molecule has 0 atom stereocenters. The highest BCUT2D eigenvalue weighted by atomic mass is 32.2. The maximum atomic E-state index is 11.3. The molecule has 0 fully saturated rings. The van der Waals surface area contributed by atoms with Crippen molar-refractivity contribution in [3.8, 4) is 0 Å². The minimum absolute atomic E-state index is 0.0584. The van der Waals surface area contributed by atoms with Gasteiger partial charge < -0.3 is 0 Å². The van der Waals surface area contributed by atoms with Gasteiger partial charge in [0, 0.05) is 0 Å². The van der Waals surface area contributed by atoms with Gasteiger partial charge in [-0.1, -0.05) is 6.07 Å². The van der Waals surface area contributed by atoms with E-state index in [9.17, 15) is 21.4 Å². The topological polar surface area (TPSA) is 133 Å². The fourth-order valence-electron chi connectivity index (χ4n) is 1.71.